The maximum atomic E-state index is 12.0. The van der Waals surface area contributed by atoms with Crippen LogP contribution in [0.2, 0.25) is 0 Å². The summed E-state index contributed by atoms with van der Waals surface area (Å²) < 4.78 is 26.7. The van der Waals surface area contributed by atoms with Crippen LogP contribution in [0.25, 0.3) is 0 Å². The van der Waals surface area contributed by atoms with Gasteiger partial charge < -0.3 is 0 Å². The molecule has 1 aromatic rings. The monoisotopic (exact) mass is 273 g/mol. The molecule has 96 valence electrons. The quantitative estimate of drug-likeness (QED) is 0.839. The Kier molecular flexibility index (Phi) is 5.04. The number of sulfonamides is 1. The average molecular weight is 273 g/mol. The van der Waals surface area contributed by atoms with Gasteiger partial charge in [-0.3, -0.25) is 0 Å². The zero-order valence-electron chi connectivity index (χ0n) is 10.6. The summed E-state index contributed by atoms with van der Waals surface area (Å²) in [5.41, 5.74) is 0. The number of thioether (sulfide) groups is 1. The van der Waals surface area contributed by atoms with Crippen LogP contribution in [0.5, 0.6) is 0 Å². The molecule has 0 aromatic heterocycles. The second kappa shape index (κ2) is 5.89. The van der Waals surface area contributed by atoms with Crippen molar-refractivity contribution >= 4 is 21.8 Å². The third kappa shape index (κ3) is 4.01. The molecular formula is C12H19NO2S2. The lowest BCUT2D eigenvalue weighted by Gasteiger charge is -2.17. The molecule has 5 heteroatoms. The minimum Gasteiger partial charge on any atom is -0.208 e. The predicted octanol–water partition coefficient (Wildman–Crippen LogP) is 2.73. The summed E-state index contributed by atoms with van der Waals surface area (Å²) in [6, 6.07) is 6.85. The van der Waals surface area contributed by atoms with Gasteiger partial charge in [0.2, 0.25) is 10.0 Å². The lowest BCUT2D eigenvalue weighted by atomic mass is 10.1. The maximum absolute atomic E-state index is 12.0. The van der Waals surface area contributed by atoms with Crippen molar-refractivity contribution in [1.82, 2.24) is 4.72 Å². The smallest absolute Gasteiger partial charge is 0.208 e. The Bertz CT molecular complexity index is 452. The summed E-state index contributed by atoms with van der Waals surface area (Å²) in [6.07, 6.45) is 1.96. The van der Waals surface area contributed by atoms with E-state index in [0.717, 1.165) is 4.90 Å². The molecule has 3 nitrogen and oxygen atoms in total. The Hall–Kier alpha value is -0.520. The van der Waals surface area contributed by atoms with E-state index >= 15 is 0 Å². The number of hydrogen-bond donors (Lipinski definition) is 1. The van der Waals surface area contributed by atoms with Crippen LogP contribution in [0, 0.1) is 5.92 Å². The minimum absolute atomic E-state index is 0.0692. The fraction of sp³-hybridized carbons (Fsp3) is 0.500. The van der Waals surface area contributed by atoms with Crippen LogP contribution in [0.1, 0.15) is 20.8 Å². The molecule has 0 heterocycles. The summed E-state index contributed by atoms with van der Waals surface area (Å²) in [6.45, 7) is 5.85. The lowest BCUT2D eigenvalue weighted by Crippen LogP contribution is -2.36. The van der Waals surface area contributed by atoms with Gasteiger partial charge in [-0.15, -0.1) is 11.8 Å². The van der Waals surface area contributed by atoms with Gasteiger partial charge in [-0.25, -0.2) is 13.1 Å². The molecule has 0 aliphatic rings. The topological polar surface area (TPSA) is 46.2 Å². The van der Waals surface area contributed by atoms with Crippen molar-refractivity contribution in [2.24, 2.45) is 5.92 Å². The van der Waals surface area contributed by atoms with Crippen molar-refractivity contribution in [2.45, 2.75) is 36.6 Å². The largest absolute Gasteiger partial charge is 0.240 e. The first-order valence-electron chi connectivity index (χ1n) is 5.53. The molecule has 0 unspecified atom stereocenters. The summed E-state index contributed by atoms with van der Waals surface area (Å²) in [5, 5.41) is 0. The molecule has 17 heavy (non-hydrogen) atoms. The first-order valence-corrected chi connectivity index (χ1v) is 8.24. The van der Waals surface area contributed by atoms with Gasteiger partial charge in [0, 0.05) is 10.9 Å². The lowest BCUT2D eigenvalue weighted by molar-refractivity contribution is 0.476. The van der Waals surface area contributed by atoms with E-state index in [1.165, 1.54) is 0 Å². The fourth-order valence-electron chi connectivity index (χ4n) is 1.20. The van der Waals surface area contributed by atoms with Crippen LogP contribution in [0.15, 0.2) is 34.1 Å². The standard InChI is InChI=1S/C12H19NO2S2/c1-9(2)10(3)13-17(14,15)12-7-5-11(16-4)6-8-12/h5-10,13H,1-4H3/t10-/m0/s1. The van der Waals surface area contributed by atoms with Gasteiger partial charge in [0.05, 0.1) is 4.90 Å². The van der Waals surface area contributed by atoms with Crippen molar-refractivity contribution in [2.75, 3.05) is 6.26 Å². The van der Waals surface area contributed by atoms with Crippen molar-refractivity contribution in [1.29, 1.82) is 0 Å². The van der Waals surface area contributed by atoms with Crippen molar-refractivity contribution in [3.8, 4) is 0 Å². The van der Waals surface area contributed by atoms with E-state index in [9.17, 15) is 8.42 Å². The van der Waals surface area contributed by atoms with Gasteiger partial charge in [0.15, 0.2) is 0 Å². The second-order valence-corrected chi connectivity index (χ2v) is 6.92. The van der Waals surface area contributed by atoms with Crippen LogP contribution in [0.4, 0.5) is 0 Å². The second-order valence-electron chi connectivity index (χ2n) is 4.33. The van der Waals surface area contributed by atoms with E-state index in [1.54, 1.807) is 23.9 Å². The van der Waals surface area contributed by atoms with Crippen molar-refractivity contribution in [3.05, 3.63) is 24.3 Å². The van der Waals surface area contributed by atoms with Crippen LogP contribution < -0.4 is 4.72 Å². The number of hydrogen-bond acceptors (Lipinski definition) is 3. The van der Waals surface area contributed by atoms with Crippen molar-refractivity contribution < 1.29 is 8.42 Å². The predicted molar refractivity (Wildman–Crippen MR) is 72.8 cm³/mol. The van der Waals surface area contributed by atoms with Gasteiger partial charge >= 0.3 is 0 Å². The highest BCUT2D eigenvalue weighted by molar-refractivity contribution is 7.98. The molecule has 0 fully saturated rings. The zero-order valence-corrected chi connectivity index (χ0v) is 12.2. The molecule has 0 saturated carbocycles. The highest BCUT2D eigenvalue weighted by Crippen LogP contribution is 2.18. The van der Waals surface area contributed by atoms with Gasteiger partial charge in [-0.2, -0.15) is 0 Å². The zero-order chi connectivity index (χ0) is 13.1. The molecule has 1 rings (SSSR count). The third-order valence-corrected chi connectivity index (χ3v) is 5.03. The highest BCUT2D eigenvalue weighted by Gasteiger charge is 2.18. The maximum Gasteiger partial charge on any atom is 0.240 e. The average Bonchev–Trinajstić information content (AvgIpc) is 2.28. The van der Waals surface area contributed by atoms with Gasteiger partial charge in [0.25, 0.3) is 0 Å². The van der Waals surface area contributed by atoms with E-state index in [-0.39, 0.29) is 12.0 Å². The van der Waals surface area contributed by atoms with Crippen LogP contribution >= 0.6 is 11.8 Å². The molecule has 0 aliphatic heterocycles. The fourth-order valence-corrected chi connectivity index (χ4v) is 3.00. The van der Waals surface area contributed by atoms with Crippen molar-refractivity contribution in [3.63, 3.8) is 0 Å². The Balaban J connectivity index is 2.89. The molecule has 0 saturated heterocycles. The first-order chi connectivity index (χ1) is 7.86. The van der Waals surface area contributed by atoms with Crippen LogP contribution in [-0.2, 0) is 10.0 Å². The molecule has 1 aromatic carbocycles. The highest BCUT2D eigenvalue weighted by atomic mass is 32.2. The molecule has 0 aliphatic carbocycles. The molecule has 0 amide bonds. The minimum atomic E-state index is -3.39. The molecule has 0 spiro atoms. The Morgan fingerprint density at radius 1 is 1.12 bits per heavy atom. The van der Waals surface area contributed by atoms with Gasteiger partial charge in [-0.1, -0.05) is 13.8 Å². The van der Waals surface area contributed by atoms with E-state index in [0.29, 0.717) is 4.90 Å². The summed E-state index contributed by atoms with van der Waals surface area (Å²) >= 11 is 1.59. The Morgan fingerprint density at radius 3 is 2.06 bits per heavy atom. The van der Waals surface area contributed by atoms with E-state index in [2.05, 4.69) is 4.72 Å². The Labute approximate surface area is 108 Å². The SMILES string of the molecule is CSc1ccc(S(=O)(=O)N[C@@H](C)C(C)C)cc1. The number of rotatable bonds is 5. The Morgan fingerprint density at radius 2 is 1.65 bits per heavy atom. The molecule has 1 atom stereocenters. The summed E-state index contributed by atoms with van der Waals surface area (Å²) in [4.78, 5) is 1.38. The van der Waals surface area contributed by atoms with E-state index in [4.69, 9.17) is 0 Å². The molecule has 0 radical (unpaired) electrons. The molecular weight excluding hydrogens is 254 g/mol. The number of benzene rings is 1. The van der Waals surface area contributed by atoms with Gasteiger partial charge in [0.1, 0.15) is 0 Å². The first kappa shape index (κ1) is 14.5. The van der Waals surface area contributed by atoms with E-state index in [1.807, 2.05) is 39.2 Å². The normalized spacial score (nSPS) is 13.9. The van der Waals surface area contributed by atoms with E-state index < -0.39 is 10.0 Å². The number of nitrogens with one attached hydrogen (secondary N) is 1. The summed E-state index contributed by atoms with van der Waals surface area (Å²) in [7, 11) is -3.39. The third-order valence-electron chi connectivity index (χ3n) is 2.71. The van der Waals surface area contributed by atoms with Crippen LogP contribution in [-0.4, -0.2) is 20.7 Å². The molecule has 0 bridgehead atoms. The molecule has 1 N–H and O–H groups in total. The van der Waals surface area contributed by atoms with Gasteiger partial charge in [-0.05, 0) is 43.4 Å². The summed E-state index contributed by atoms with van der Waals surface area (Å²) in [5.74, 6) is 0.273. The van der Waals surface area contributed by atoms with Crippen LogP contribution in [0.3, 0.4) is 0 Å².